The summed E-state index contributed by atoms with van der Waals surface area (Å²) < 4.78 is 33.8. The van der Waals surface area contributed by atoms with Crippen molar-refractivity contribution in [1.29, 1.82) is 0 Å². The topological polar surface area (TPSA) is 129 Å². The number of amides is 1. The quantitative estimate of drug-likeness (QED) is 0.374. The largest absolute Gasteiger partial charge is 0.473 e. The van der Waals surface area contributed by atoms with E-state index in [1.165, 1.54) is 0 Å². The van der Waals surface area contributed by atoms with Crippen LogP contribution in [-0.2, 0) is 34.5 Å². The fraction of sp³-hybridized carbons (Fsp3) is 0.636. The lowest BCUT2D eigenvalue weighted by Gasteiger charge is -2.36. The maximum Gasteiger partial charge on any atom is 0.410 e. The molecule has 3 aromatic rings. The maximum absolute atomic E-state index is 14.2. The van der Waals surface area contributed by atoms with Gasteiger partial charge in [-0.15, -0.1) is 0 Å². The minimum Gasteiger partial charge on any atom is -0.473 e. The summed E-state index contributed by atoms with van der Waals surface area (Å²) in [6.45, 7) is 8.50. The first kappa shape index (κ1) is 30.8. The van der Waals surface area contributed by atoms with Crippen molar-refractivity contribution < 1.29 is 28.0 Å². The van der Waals surface area contributed by atoms with Gasteiger partial charge in [0, 0.05) is 42.4 Å². The fourth-order valence-corrected chi connectivity index (χ4v) is 7.57. The molecule has 2 aliphatic carbocycles. The molecule has 1 amide bonds. The molecule has 5 heterocycles. The molecular formula is C33H42FN7O5. The predicted molar refractivity (Wildman–Crippen MR) is 164 cm³/mol. The summed E-state index contributed by atoms with van der Waals surface area (Å²) in [7, 11) is 1.90. The van der Waals surface area contributed by atoms with Crippen LogP contribution in [0.2, 0.25) is 0 Å². The van der Waals surface area contributed by atoms with Gasteiger partial charge in [-0.05, 0) is 73.3 Å². The average molecular weight is 636 g/mol. The van der Waals surface area contributed by atoms with Crippen molar-refractivity contribution in [2.45, 2.75) is 121 Å². The molecule has 2 fully saturated rings. The van der Waals surface area contributed by atoms with Gasteiger partial charge in [0.15, 0.2) is 23.1 Å². The predicted octanol–water partition coefficient (Wildman–Crippen LogP) is 5.09. The minimum atomic E-state index is -0.902. The molecule has 1 saturated carbocycles. The number of nitrogens with zero attached hydrogens (tertiary/aromatic N) is 7. The normalized spacial score (nSPS) is 25.5. The van der Waals surface area contributed by atoms with Crippen LogP contribution in [0.25, 0.3) is 17.3 Å². The van der Waals surface area contributed by atoms with Gasteiger partial charge in [0.2, 0.25) is 5.88 Å². The number of hydrogen-bond donors (Lipinski definition) is 0. The number of carbonyl (C=O) groups excluding carboxylic acids is 2. The number of hydrogen-bond acceptors (Lipinski definition) is 10. The van der Waals surface area contributed by atoms with E-state index in [9.17, 15) is 14.0 Å². The third-order valence-corrected chi connectivity index (χ3v) is 9.81. The highest BCUT2D eigenvalue weighted by Crippen LogP contribution is 2.47. The zero-order chi connectivity index (χ0) is 32.4. The Morgan fingerprint density at radius 2 is 1.96 bits per heavy atom. The number of carbonyl (C=O) groups is 2. The Kier molecular flexibility index (Phi) is 7.64. The van der Waals surface area contributed by atoms with Crippen molar-refractivity contribution in [3.05, 3.63) is 34.8 Å². The van der Waals surface area contributed by atoms with Gasteiger partial charge in [-0.3, -0.25) is 14.6 Å². The van der Waals surface area contributed by atoms with Crippen molar-refractivity contribution in [3.63, 3.8) is 0 Å². The highest BCUT2D eigenvalue weighted by molar-refractivity contribution is 5.91. The van der Waals surface area contributed by atoms with Gasteiger partial charge in [0.05, 0.1) is 24.2 Å². The first-order valence-corrected chi connectivity index (χ1v) is 16.4. The molecule has 3 aromatic heterocycles. The van der Waals surface area contributed by atoms with Crippen molar-refractivity contribution in [3.8, 4) is 23.2 Å². The zero-order valence-electron chi connectivity index (χ0n) is 27.2. The van der Waals surface area contributed by atoms with E-state index in [4.69, 9.17) is 29.1 Å². The Bertz CT molecular complexity index is 1640. The Hall–Kier alpha value is -3.87. The number of likely N-dealkylation sites (N-methyl/N-ethyl adjacent to an activating group) is 1. The number of fused-ring (bicyclic) bond motifs is 3. The van der Waals surface area contributed by atoms with Gasteiger partial charge in [-0.2, -0.15) is 10.1 Å². The molecule has 4 aliphatic rings. The van der Waals surface area contributed by atoms with Crippen LogP contribution >= 0.6 is 0 Å². The molecule has 1 saturated heterocycles. The van der Waals surface area contributed by atoms with Crippen LogP contribution in [0.15, 0.2) is 16.8 Å². The average Bonchev–Trinajstić information content (AvgIpc) is 3.76. The lowest BCUT2D eigenvalue weighted by Crippen LogP contribution is -2.41. The van der Waals surface area contributed by atoms with Crippen LogP contribution < -0.4 is 4.74 Å². The standard InChI is InChI=1S/C33H42FN7O5/c1-19(24-13-21(34)17-39(24)5)44-27-14-26(41-16-20-15-40(18-23(20)37-41)31(43)45-32(2,3)4)35-30(36-27)28-22-9-8-12-33(29(22)46-38-28)11-7-6-10-25(33)42/h14,16,19,21,24H,6-13,15,17-18H2,1-5H3/t19-,21+,24-,33+/m0/s1. The van der Waals surface area contributed by atoms with E-state index in [1.807, 2.05) is 45.8 Å². The molecule has 246 valence electrons. The fourth-order valence-electron chi connectivity index (χ4n) is 7.57. The second kappa shape index (κ2) is 11.4. The van der Waals surface area contributed by atoms with E-state index in [2.05, 4.69) is 5.16 Å². The van der Waals surface area contributed by atoms with Gasteiger partial charge < -0.3 is 14.0 Å². The summed E-state index contributed by atoms with van der Waals surface area (Å²) >= 11 is 0. The van der Waals surface area contributed by atoms with Crippen molar-refractivity contribution >= 4 is 11.9 Å². The van der Waals surface area contributed by atoms with Crippen molar-refractivity contribution in [2.24, 2.45) is 0 Å². The maximum atomic E-state index is 14.2. The number of alkyl halides is 1. The van der Waals surface area contributed by atoms with E-state index in [0.717, 1.165) is 48.9 Å². The highest BCUT2D eigenvalue weighted by Gasteiger charge is 2.48. The van der Waals surface area contributed by atoms with E-state index < -0.39 is 17.2 Å². The second-order valence-corrected chi connectivity index (χ2v) is 14.3. The third kappa shape index (κ3) is 5.56. The Balaban J connectivity index is 1.23. The minimum absolute atomic E-state index is 0.110. The van der Waals surface area contributed by atoms with Crippen LogP contribution in [0.5, 0.6) is 5.88 Å². The molecule has 1 spiro atoms. The molecule has 0 unspecified atom stereocenters. The van der Waals surface area contributed by atoms with Crippen molar-refractivity contribution in [2.75, 3.05) is 13.6 Å². The number of ketones is 1. The Labute approximate surface area is 267 Å². The van der Waals surface area contributed by atoms with E-state index in [0.29, 0.717) is 67.9 Å². The summed E-state index contributed by atoms with van der Waals surface area (Å²) in [5.74, 6) is 1.98. The monoisotopic (exact) mass is 635 g/mol. The molecule has 0 aromatic carbocycles. The van der Waals surface area contributed by atoms with Crippen LogP contribution in [0.1, 0.15) is 95.2 Å². The number of ether oxygens (including phenoxy) is 2. The van der Waals surface area contributed by atoms with Crippen LogP contribution in [0, 0.1) is 0 Å². The lowest BCUT2D eigenvalue weighted by molar-refractivity contribution is -0.128. The first-order valence-electron chi connectivity index (χ1n) is 16.4. The van der Waals surface area contributed by atoms with Crippen molar-refractivity contribution in [1.82, 2.24) is 34.7 Å². The SMILES string of the molecule is C[C@H](Oc1cc(-n2cc3c(n2)CN(C(=O)OC(C)(C)C)C3)nc(-c2noc3c2CCC[C@@]32CCCCC2=O)n1)[C@@H]1C[C@@H](F)CN1C. The molecule has 46 heavy (non-hydrogen) atoms. The smallest absolute Gasteiger partial charge is 0.410 e. The van der Waals surface area contributed by atoms with Gasteiger partial charge in [-0.25, -0.2) is 18.9 Å². The summed E-state index contributed by atoms with van der Waals surface area (Å²) in [5, 5.41) is 9.23. The Morgan fingerprint density at radius 1 is 1.15 bits per heavy atom. The van der Waals surface area contributed by atoms with Gasteiger partial charge in [0.1, 0.15) is 23.7 Å². The molecule has 12 nitrogen and oxygen atoms in total. The first-order chi connectivity index (χ1) is 21.9. The van der Waals surface area contributed by atoms with Crippen LogP contribution in [-0.4, -0.2) is 84.1 Å². The summed E-state index contributed by atoms with van der Waals surface area (Å²) in [6, 6.07) is 1.61. The van der Waals surface area contributed by atoms with Crippen LogP contribution in [0.3, 0.4) is 0 Å². The molecular weight excluding hydrogens is 593 g/mol. The number of aromatic nitrogens is 5. The molecule has 13 heteroatoms. The molecule has 4 atom stereocenters. The van der Waals surface area contributed by atoms with Gasteiger partial charge in [0.25, 0.3) is 0 Å². The highest BCUT2D eigenvalue weighted by atomic mass is 19.1. The van der Waals surface area contributed by atoms with Gasteiger partial charge in [-0.1, -0.05) is 11.6 Å². The number of rotatable bonds is 5. The molecule has 0 bridgehead atoms. The van der Waals surface area contributed by atoms with Crippen LogP contribution in [0.4, 0.5) is 9.18 Å². The Morgan fingerprint density at radius 3 is 2.67 bits per heavy atom. The lowest BCUT2D eigenvalue weighted by atomic mass is 9.64. The summed E-state index contributed by atoms with van der Waals surface area (Å²) in [5.41, 5.74) is 1.81. The third-order valence-electron chi connectivity index (χ3n) is 9.81. The molecule has 2 aliphatic heterocycles. The number of likely N-dealkylation sites (tertiary alicyclic amines) is 1. The molecule has 0 N–H and O–H groups in total. The van der Waals surface area contributed by atoms with E-state index in [1.54, 1.807) is 15.6 Å². The zero-order valence-corrected chi connectivity index (χ0v) is 27.2. The number of halogens is 1. The van der Waals surface area contributed by atoms with E-state index >= 15 is 0 Å². The summed E-state index contributed by atoms with van der Waals surface area (Å²) in [4.78, 5) is 39.2. The molecule has 0 radical (unpaired) electrons. The van der Waals surface area contributed by atoms with E-state index in [-0.39, 0.29) is 24.0 Å². The molecule has 7 rings (SSSR count). The number of Topliss-reactive ketones (excluding diaryl/α,β-unsaturated/α-hetero) is 1. The summed E-state index contributed by atoms with van der Waals surface area (Å²) in [6.07, 6.45) is 6.15. The van der Waals surface area contributed by atoms with Gasteiger partial charge >= 0.3 is 6.09 Å². The second-order valence-electron chi connectivity index (χ2n) is 14.3.